The van der Waals surface area contributed by atoms with Gasteiger partial charge in [0, 0.05) is 94.8 Å². The average Bonchev–Trinajstić information content (AvgIpc) is 0.689. The zero-order chi connectivity index (χ0) is 62.1. The van der Waals surface area contributed by atoms with E-state index in [1.807, 2.05) is 11.8 Å². The van der Waals surface area contributed by atoms with Gasteiger partial charge in [0.1, 0.15) is 0 Å². The maximum atomic E-state index is 2.66. The summed E-state index contributed by atoms with van der Waals surface area (Å²) in [6, 6.07) is 116. The van der Waals surface area contributed by atoms with Crippen LogP contribution >= 0.6 is 11.8 Å². The maximum Gasteiger partial charge on any atom is 0.252 e. The van der Waals surface area contributed by atoms with Gasteiger partial charge in [0.2, 0.25) is 6.71 Å². The molecule has 0 bridgehead atoms. The van der Waals surface area contributed by atoms with E-state index in [1.54, 1.807) is 0 Å². The fraction of sp³-hybridized carbons (Fsp3) is 0.0476. The average molecular weight is 1220 g/mol. The summed E-state index contributed by atoms with van der Waals surface area (Å²) in [5, 5.41) is 6.25. The summed E-state index contributed by atoms with van der Waals surface area (Å²) in [7, 11) is -1.61. The standard InChI is InChI=1S/C84H63B2N5SSi/c1-56-38-40-64(41-39-56)89-75-36-22-20-34-71(75)85-73-54-74-80(55-77(73)91(63-32-18-9-19-33-63)83-69-48-44-66(50-57(69)52-78(89)81(83)85)87(59-24-10-5-11-25-59)60-26-12-6-13-27-60)92-84-70-49-45-67(88(61-28-14-7-15-29-61)62-30-16-8-17-31-62)51-58(70)53-79-82(84)86(74)72-35-21-23-37-76(72)90(79)65-42-46-68(47-43-65)93(2,3)4/h5-55H,1-4H3. The highest BCUT2D eigenvalue weighted by atomic mass is 32.2. The lowest BCUT2D eigenvalue weighted by molar-refractivity contribution is 1.25. The van der Waals surface area contributed by atoms with Gasteiger partial charge in [0.15, 0.2) is 0 Å². The van der Waals surface area contributed by atoms with Gasteiger partial charge in [-0.05, 0) is 190 Å². The Morgan fingerprint density at radius 3 is 1.27 bits per heavy atom. The SMILES string of the molecule is Cc1ccc(N2c3ccccc3B3c4cc5c(cc4N(c4ccccc4)c4c3c2cc2cc(N(c3ccccc3)c3ccccc3)ccc42)Sc2c3c(cc4cc(N(c6ccccc6)c6ccccc6)ccc24)N(c2ccc([Si](C)(C)C)cc2)c2ccccc2B53)cc1. The third-order valence-electron chi connectivity index (χ3n) is 19.6. The van der Waals surface area contributed by atoms with E-state index >= 15 is 0 Å². The molecule has 14 aromatic carbocycles. The van der Waals surface area contributed by atoms with E-state index in [1.165, 1.54) is 109 Å². The maximum absolute atomic E-state index is 2.66. The highest BCUT2D eigenvalue weighted by Crippen LogP contribution is 2.52. The lowest BCUT2D eigenvalue weighted by Gasteiger charge is -2.46. The van der Waals surface area contributed by atoms with Crippen LogP contribution in [0.15, 0.2) is 319 Å². The van der Waals surface area contributed by atoms with Crippen LogP contribution in [0.25, 0.3) is 21.5 Å². The quantitative estimate of drug-likeness (QED) is 0.126. The van der Waals surface area contributed by atoms with E-state index in [4.69, 9.17) is 0 Å². The number of benzene rings is 14. The summed E-state index contributed by atoms with van der Waals surface area (Å²) >= 11 is 1.96. The van der Waals surface area contributed by atoms with Crippen molar-refractivity contribution < 1.29 is 0 Å². The Hall–Kier alpha value is -10.7. The smallest absolute Gasteiger partial charge is 0.252 e. The largest absolute Gasteiger partial charge is 0.311 e. The third kappa shape index (κ3) is 8.93. The highest BCUT2D eigenvalue weighted by Gasteiger charge is 2.48. The van der Waals surface area contributed by atoms with Crippen LogP contribution in [0, 0.1) is 6.92 Å². The highest BCUT2D eigenvalue weighted by molar-refractivity contribution is 8.00. The van der Waals surface area contributed by atoms with Crippen molar-refractivity contribution in [2.24, 2.45) is 0 Å². The second-order valence-corrected chi connectivity index (χ2v) is 32.3. The first-order valence-corrected chi connectivity index (χ1v) is 36.7. The predicted molar refractivity (Wildman–Crippen MR) is 402 cm³/mol. The van der Waals surface area contributed by atoms with Gasteiger partial charge in [-0.15, -0.1) is 0 Å². The number of para-hydroxylation sites is 7. The molecule has 0 saturated carbocycles. The molecule has 0 unspecified atom stereocenters. The van der Waals surface area contributed by atoms with E-state index in [-0.39, 0.29) is 13.4 Å². The molecule has 0 spiro atoms. The lowest BCUT2D eigenvalue weighted by Crippen LogP contribution is -2.64. The Labute approximate surface area is 550 Å². The predicted octanol–water partition coefficient (Wildman–Crippen LogP) is 18.6. The van der Waals surface area contributed by atoms with Crippen molar-refractivity contribution in [3.05, 3.63) is 315 Å². The minimum atomic E-state index is -1.61. The van der Waals surface area contributed by atoms with Crippen LogP contribution < -0.4 is 62.5 Å². The van der Waals surface area contributed by atoms with Crippen molar-refractivity contribution in [1.29, 1.82) is 0 Å². The van der Waals surface area contributed by atoms with Crippen LogP contribution in [-0.4, -0.2) is 21.5 Å². The lowest BCUT2D eigenvalue weighted by atomic mass is 9.31. The number of anilines is 15. The minimum Gasteiger partial charge on any atom is -0.311 e. The van der Waals surface area contributed by atoms with Crippen molar-refractivity contribution in [3.63, 3.8) is 0 Å². The Balaban J connectivity index is 0.906. The van der Waals surface area contributed by atoms with Crippen LogP contribution in [-0.2, 0) is 0 Å². The van der Waals surface area contributed by atoms with Gasteiger partial charge in [0.05, 0.1) is 13.8 Å². The molecule has 0 saturated heterocycles. The molecule has 18 rings (SSSR count). The van der Waals surface area contributed by atoms with Crippen LogP contribution in [0.3, 0.4) is 0 Å². The molecule has 4 aliphatic rings. The Bertz CT molecular complexity index is 5190. The topological polar surface area (TPSA) is 16.2 Å². The Kier molecular flexibility index (Phi) is 12.9. The molecular weight excluding hydrogens is 1160 g/mol. The van der Waals surface area contributed by atoms with E-state index in [9.17, 15) is 0 Å². The van der Waals surface area contributed by atoms with E-state index in [0.717, 1.165) is 50.9 Å². The number of hydrogen-bond donors (Lipinski definition) is 0. The summed E-state index contributed by atoms with van der Waals surface area (Å²) < 4.78 is 0. The molecule has 5 nitrogen and oxygen atoms in total. The van der Waals surface area contributed by atoms with Crippen LogP contribution in [0.5, 0.6) is 0 Å². The molecule has 0 radical (unpaired) electrons. The van der Waals surface area contributed by atoms with Crippen molar-refractivity contribution in [1.82, 2.24) is 0 Å². The minimum absolute atomic E-state index is 0.0689. The van der Waals surface area contributed by atoms with Crippen LogP contribution in [0.4, 0.5) is 85.3 Å². The molecule has 0 fully saturated rings. The third-order valence-corrected chi connectivity index (χ3v) is 22.9. The zero-order valence-corrected chi connectivity index (χ0v) is 54.1. The van der Waals surface area contributed by atoms with Gasteiger partial charge in [0.25, 0.3) is 6.71 Å². The summed E-state index contributed by atoms with van der Waals surface area (Å²) in [6.45, 7) is 9.33. The van der Waals surface area contributed by atoms with E-state index in [0.29, 0.717) is 0 Å². The first kappa shape index (κ1) is 55.2. The fourth-order valence-corrected chi connectivity index (χ4v) is 17.9. The molecule has 0 aliphatic carbocycles. The molecule has 9 heteroatoms. The van der Waals surface area contributed by atoms with Gasteiger partial charge >= 0.3 is 0 Å². The van der Waals surface area contributed by atoms with E-state index < -0.39 is 8.07 Å². The van der Waals surface area contributed by atoms with Gasteiger partial charge in [-0.1, -0.05) is 217 Å². The number of fused-ring (bicyclic) bond motifs is 12. The van der Waals surface area contributed by atoms with Gasteiger partial charge in [-0.25, -0.2) is 0 Å². The number of nitrogens with zero attached hydrogens (tertiary/aromatic N) is 5. The van der Waals surface area contributed by atoms with Crippen molar-refractivity contribution in [3.8, 4) is 0 Å². The van der Waals surface area contributed by atoms with Crippen molar-refractivity contribution in [2.75, 3.05) is 24.5 Å². The summed E-state index contributed by atoms with van der Waals surface area (Å²) in [6.07, 6.45) is 0. The number of aryl methyl sites for hydroxylation is 1. The van der Waals surface area contributed by atoms with Gasteiger partial charge < -0.3 is 24.5 Å². The zero-order valence-electron chi connectivity index (χ0n) is 52.2. The second-order valence-electron chi connectivity index (χ2n) is 26.1. The molecule has 93 heavy (non-hydrogen) atoms. The molecule has 14 aromatic rings. The number of rotatable bonds is 10. The summed E-state index contributed by atoms with van der Waals surface area (Å²) in [5.74, 6) is 0. The Morgan fingerprint density at radius 2 is 0.753 bits per heavy atom. The van der Waals surface area contributed by atoms with Crippen LogP contribution in [0.2, 0.25) is 19.6 Å². The molecule has 0 N–H and O–H groups in total. The molecule has 0 amide bonds. The van der Waals surface area contributed by atoms with E-state index in [2.05, 4.69) is 360 Å². The Morgan fingerprint density at radius 1 is 0.323 bits per heavy atom. The van der Waals surface area contributed by atoms with Crippen molar-refractivity contribution >= 4 is 178 Å². The summed E-state index contributed by atoms with van der Waals surface area (Å²) in [5.41, 5.74) is 26.4. The second kappa shape index (κ2) is 21.7. The van der Waals surface area contributed by atoms with Gasteiger partial charge in [-0.3, -0.25) is 0 Å². The molecular formula is C84H63B2N5SSi. The normalized spacial score (nSPS) is 13.2. The molecule has 4 aliphatic heterocycles. The first-order valence-electron chi connectivity index (χ1n) is 32.4. The molecule has 0 aromatic heterocycles. The molecule has 0 atom stereocenters. The monoisotopic (exact) mass is 1220 g/mol. The van der Waals surface area contributed by atoms with Crippen LogP contribution in [0.1, 0.15) is 5.56 Å². The molecule has 440 valence electrons. The van der Waals surface area contributed by atoms with Gasteiger partial charge in [-0.2, -0.15) is 0 Å². The fourth-order valence-electron chi connectivity index (χ4n) is 15.4. The number of hydrogen-bond acceptors (Lipinski definition) is 6. The molecule has 4 heterocycles. The first-order chi connectivity index (χ1) is 45.7. The van der Waals surface area contributed by atoms with Crippen molar-refractivity contribution in [2.45, 2.75) is 36.4 Å². The summed E-state index contributed by atoms with van der Waals surface area (Å²) in [4.78, 5) is 15.1.